The van der Waals surface area contributed by atoms with Crippen LogP contribution in [0.3, 0.4) is 0 Å². The lowest BCUT2D eigenvalue weighted by Gasteiger charge is -2.30. The first-order valence-electron chi connectivity index (χ1n) is 5.92. The van der Waals surface area contributed by atoms with Gasteiger partial charge >= 0.3 is 0 Å². The molecule has 1 aromatic carbocycles. The number of hydrazone groups is 1. The van der Waals surface area contributed by atoms with E-state index in [0.717, 1.165) is 26.2 Å². The van der Waals surface area contributed by atoms with Crippen LogP contribution in [-0.2, 0) is 0 Å². The monoisotopic (exact) mass is 301 g/mol. The molecule has 0 saturated carbocycles. The highest BCUT2D eigenvalue weighted by molar-refractivity contribution is 6.35. The van der Waals surface area contributed by atoms with E-state index in [1.54, 1.807) is 24.3 Å². The number of halogens is 2. The molecule has 0 unspecified atom stereocenters. The van der Waals surface area contributed by atoms with Crippen LogP contribution in [-0.4, -0.2) is 55.1 Å². The Morgan fingerprint density at radius 1 is 1.21 bits per heavy atom. The van der Waals surface area contributed by atoms with Crippen LogP contribution >= 0.6 is 24.0 Å². The van der Waals surface area contributed by atoms with Gasteiger partial charge in [-0.2, -0.15) is 5.10 Å². The second kappa shape index (κ2) is 7.48. The maximum absolute atomic E-state index is 11.8. The number of likely N-dealkylation sites (N-methyl/N-ethyl adjacent to an activating group) is 1. The van der Waals surface area contributed by atoms with E-state index < -0.39 is 0 Å². The van der Waals surface area contributed by atoms with Gasteiger partial charge in [0.15, 0.2) is 0 Å². The molecule has 0 amide bonds. The second-order valence-electron chi connectivity index (χ2n) is 4.37. The Labute approximate surface area is 124 Å². The Morgan fingerprint density at radius 2 is 1.79 bits per heavy atom. The molecular weight excluding hydrogens is 285 g/mol. The minimum Gasteiger partial charge on any atom is -0.303 e. The van der Waals surface area contributed by atoms with E-state index in [4.69, 9.17) is 11.6 Å². The summed E-state index contributed by atoms with van der Waals surface area (Å²) in [4.78, 5) is 14.1. The number of benzene rings is 1. The topological polar surface area (TPSA) is 35.9 Å². The Balaban J connectivity index is 0.00000180. The average Bonchev–Trinajstić information content (AvgIpc) is 2.38. The molecule has 1 aliphatic heterocycles. The summed E-state index contributed by atoms with van der Waals surface area (Å²) in [6, 6.07) is 6.83. The number of hydrogen-bond donors (Lipinski definition) is 0. The average molecular weight is 302 g/mol. The molecule has 0 atom stereocenters. The summed E-state index contributed by atoms with van der Waals surface area (Å²) in [7, 11) is 2.08. The highest BCUT2D eigenvalue weighted by Crippen LogP contribution is 2.09. The van der Waals surface area contributed by atoms with Crippen LogP contribution in [0.5, 0.6) is 0 Å². The summed E-state index contributed by atoms with van der Waals surface area (Å²) in [5.74, 6) is -0.0920. The zero-order valence-corrected chi connectivity index (χ0v) is 12.3. The molecule has 1 aromatic rings. The van der Waals surface area contributed by atoms with Crippen molar-refractivity contribution >= 4 is 36.0 Å². The standard InChI is InChI=1S/C13H16ClN3O.ClH/c1-16-6-8-17(9-7-16)15-10-13(18)11-2-4-12(14)5-3-11;/h2-5,10H,6-9H2,1H3;1H/b15-10-;. The third-order valence-corrected chi connectivity index (χ3v) is 3.20. The molecule has 1 aliphatic rings. The van der Waals surface area contributed by atoms with E-state index in [1.807, 2.05) is 5.01 Å². The lowest BCUT2D eigenvalue weighted by Crippen LogP contribution is -2.41. The van der Waals surface area contributed by atoms with Crippen LogP contribution in [0.1, 0.15) is 10.4 Å². The van der Waals surface area contributed by atoms with Crippen molar-refractivity contribution in [3.05, 3.63) is 34.9 Å². The molecule has 19 heavy (non-hydrogen) atoms. The second-order valence-corrected chi connectivity index (χ2v) is 4.81. The Hall–Kier alpha value is -1.10. The van der Waals surface area contributed by atoms with Gasteiger partial charge in [0.25, 0.3) is 0 Å². The third kappa shape index (κ3) is 4.82. The van der Waals surface area contributed by atoms with Crippen molar-refractivity contribution in [1.82, 2.24) is 9.91 Å². The number of nitrogens with zero attached hydrogens (tertiary/aromatic N) is 3. The summed E-state index contributed by atoms with van der Waals surface area (Å²) in [6.07, 6.45) is 1.38. The van der Waals surface area contributed by atoms with Crippen molar-refractivity contribution in [1.29, 1.82) is 0 Å². The van der Waals surface area contributed by atoms with Gasteiger partial charge in [0.2, 0.25) is 5.78 Å². The fourth-order valence-electron chi connectivity index (χ4n) is 1.73. The van der Waals surface area contributed by atoms with Crippen molar-refractivity contribution in [3.63, 3.8) is 0 Å². The van der Waals surface area contributed by atoms with Crippen LogP contribution in [0.15, 0.2) is 29.4 Å². The highest BCUT2D eigenvalue weighted by atomic mass is 35.5. The first kappa shape index (κ1) is 16.0. The zero-order chi connectivity index (χ0) is 13.0. The SMILES string of the molecule is CN1CCN(/N=C\C(=O)c2ccc(Cl)cc2)CC1.Cl. The van der Waals surface area contributed by atoms with E-state index in [0.29, 0.717) is 10.6 Å². The Morgan fingerprint density at radius 3 is 2.37 bits per heavy atom. The molecule has 2 rings (SSSR count). The summed E-state index contributed by atoms with van der Waals surface area (Å²) in [6.45, 7) is 3.68. The largest absolute Gasteiger partial charge is 0.303 e. The van der Waals surface area contributed by atoms with Gasteiger partial charge < -0.3 is 4.90 Å². The van der Waals surface area contributed by atoms with E-state index in [1.165, 1.54) is 6.21 Å². The van der Waals surface area contributed by atoms with Crippen LogP contribution in [0.25, 0.3) is 0 Å². The number of Topliss-reactive ketones (excluding diaryl/α,β-unsaturated/α-hetero) is 1. The molecule has 0 bridgehead atoms. The van der Waals surface area contributed by atoms with Crippen LogP contribution in [0, 0.1) is 0 Å². The molecular formula is C13H17Cl2N3O. The predicted molar refractivity (Wildman–Crippen MR) is 80.6 cm³/mol. The fraction of sp³-hybridized carbons (Fsp3) is 0.385. The Bertz CT molecular complexity index is 440. The minimum atomic E-state index is -0.0920. The molecule has 0 radical (unpaired) electrons. The third-order valence-electron chi connectivity index (χ3n) is 2.95. The maximum Gasteiger partial charge on any atom is 0.205 e. The van der Waals surface area contributed by atoms with Gasteiger partial charge in [-0.15, -0.1) is 12.4 Å². The molecule has 4 nitrogen and oxygen atoms in total. The molecule has 0 spiro atoms. The molecule has 0 aromatic heterocycles. The van der Waals surface area contributed by atoms with Gasteiger partial charge in [0.05, 0.1) is 6.21 Å². The molecule has 1 heterocycles. The van der Waals surface area contributed by atoms with Crippen molar-refractivity contribution in [2.24, 2.45) is 5.10 Å². The van der Waals surface area contributed by atoms with Crippen molar-refractivity contribution < 1.29 is 4.79 Å². The Kier molecular flexibility index (Phi) is 6.28. The summed E-state index contributed by atoms with van der Waals surface area (Å²) in [5.41, 5.74) is 0.609. The summed E-state index contributed by atoms with van der Waals surface area (Å²) < 4.78 is 0. The predicted octanol–water partition coefficient (Wildman–Crippen LogP) is 2.18. The van der Waals surface area contributed by atoms with E-state index in [2.05, 4.69) is 17.0 Å². The molecule has 1 fully saturated rings. The quantitative estimate of drug-likeness (QED) is 0.634. The lowest BCUT2D eigenvalue weighted by molar-refractivity contribution is 0.106. The van der Waals surface area contributed by atoms with Crippen molar-refractivity contribution in [2.45, 2.75) is 0 Å². The first-order valence-corrected chi connectivity index (χ1v) is 6.30. The molecule has 1 saturated heterocycles. The molecule has 0 aliphatic carbocycles. The lowest BCUT2D eigenvalue weighted by atomic mass is 10.1. The van der Waals surface area contributed by atoms with Crippen LogP contribution in [0.4, 0.5) is 0 Å². The van der Waals surface area contributed by atoms with Gasteiger partial charge in [-0.1, -0.05) is 11.6 Å². The van der Waals surface area contributed by atoms with E-state index in [9.17, 15) is 4.79 Å². The zero-order valence-electron chi connectivity index (χ0n) is 10.8. The van der Waals surface area contributed by atoms with Crippen LogP contribution in [0.2, 0.25) is 5.02 Å². The number of rotatable bonds is 3. The number of carbonyl (C=O) groups excluding carboxylic acids is 1. The number of ketones is 1. The minimum absolute atomic E-state index is 0. The first-order chi connectivity index (χ1) is 8.65. The fourth-order valence-corrected chi connectivity index (χ4v) is 1.86. The van der Waals surface area contributed by atoms with Gasteiger partial charge in [-0.25, -0.2) is 0 Å². The summed E-state index contributed by atoms with van der Waals surface area (Å²) >= 11 is 5.77. The molecule has 0 N–H and O–H groups in total. The number of carbonyl (C=O) groups is 1. The number of piperazine rings is 1. The van der Waals surface area contributed by atoms with Gasteiger partial charge in [-0.3, -0.25) is 9.80 Å². The molecule has 6 heteroatoms. The molecule has 104 valence electrons. The van der Waals surface area contributed by atoms with Gasteiger partial charge in [0, 0.05) is 36.8 Å². The number of hydrogen-bond acceptors (Lipinski definition) is 4. The smallest absolute Gasteiger partial charge is 0.205 e. The summed E-state index contributed by atoms with van der Waals surface area (Å²) in [5, 5.41) is 6.77. The maximum atomic E-state index is 11.8. The van der Waals surface area contributed by atoms with Crippen molar-refractivity contribution in [2.75, 3.05) is 33.2 Å². The van der Waals surface area contributed by atoms with Crippen LogP contribution < -0.4 is 0 Å². The van der Waals surface area contributed by atoms with Crippen molar-refractivity contribution in [3.8, 4) is 0 Å². The van der Waals surface area contributed by atoms with E-state index >= 15 is 0 Å². The van der Waals surface area contributed by atoms with E-state index in [-0.39, 0.29) is 18.2 Å². The highest BCUT2D eigenvalue weighted by Gasteiger charge is 2.11. The van der Waals surface area contributed by atoms with Gasteiger partial charge in [0.1, 0.15) is 0 Å². The normalized spacial score (nSPS) is 16.4. The van der Waals surface area contributed by atoms with Gasteiger partial charge in [-0.05, 0) is 31.3 Å².